The number of alkyl halides is 3. The molecule has 2 rings (SSSR count). The molecule has 0 atom stereocenters. The van der Waals surface area contributed by atoms with Crippen LogP contribution in [0.2, 0.25) is 0 Å². The fourth-order valence-electron chi connectivity index (χ4n) is 1.61. The standard InChI is InChI=1S/C9H11F3N2O3S/c1-14-8(17-18(15,16)9(10,11)12)5-7(13-14)6-3-2-4-6/h5-6H,2-4H2,1H3. The van der Waals surface area contributed by atoms with Crippen LogP contribution < -0.4 is 4.18 Å². The highest BCUT2D eigenvalue weighted by molar-refractivity contribution is 7.87. The first-order valence-electron chi connectivity index (χ1n) is 5.25. The van der Waals surface area contributed by atoms with Crippen molar-refractivity contribution >= 4 is 10.1 Å². The lowest BCUT2D eigenvalue weighted by Crippen LogP contribution is -2.28. The van der Waals surface area contributed by atoms with Crippen molar-refractivity contribution in [1.29, 1.82) is 0 Å². The summed E-state index contributed by atoms with van der Waals surface area (Å²) in [5, 5.41) is 3.96. The molecule has 1 heterocycles. The van der Waals surface area contributed by atoms with Crippen molar-refractivity contribution < 1.29 is 25.8 Å². The third-order valence-corrected chi connectivity index (χ3v) is 3.81. The van der Waals surface area contributed by atoms with Crippen LogP contribution in [0.5, 0.6) is 5.88 Å². The van der Waals surface area contributed by atoms with Crippen LogP contribution in [0.4, 0.5) is 13.2 Å². The van der Waals surface area contributed by atoms with Crippen molar-refractivity contribution in [2.45, 2.75) is 30.7 Å². The van der Waals surface area contributed by atoms with E-state index in [1.807, 2.05) is 0 Å². The Bertz CT molecular complexity index is 546. The Kier molecular flexibility index (Phi) is 3.04. The molecule has 0 unspecified atom stereocenters. The van der Waals surface area contributed by atoms with E-state index < -0.39 is 21.5 Å². The van der Waals surface area contributed by atoms with Crippen molar-refractivity contribution in [2.24, 2.45) is 7.05 Å². The molecule has 0 N–H and O–H groups in total. The normalized spacial score (nSPS) is 17.6. The highest BCUT2D eigenvalue weighted by Crippen LogP contribution is 2.37. The van der Waals surface area contributed by atoms with Crippen LogP contribution in [-0.2, 0) is 17.2 Å². The minimum Gasteiger partial charge on any atom is -0.356 e. The topological polar surface area (TPSA) is 61.2 Å². The summed E-state index contributed by atoms with van der Waals surface area (Å²) in [6.45, 7) is 0. The summed E-state index contributed by atoms with van der Waals surface area (Å²) in [6, 6.07) is 1.24. The number of hydrogen-bond acceptors (Lipinski definition) is 4. The number of halogens is 3. The molecule has 0 bridgehead atoms. The average molecular weight is 284 g/mol. The van der Waals surface area contributed by atoms with Crippen molar-refractivity contribution in [1.82, 2.24) is 9.78 Å². The van der Waals surface area contributed by atoms with E-state index in [2.05, 4.69) is 9.28 Å². The van der Waals surface area contributed by atoms with Gasteiger partial charge < -0.3 is 4.18 Å². The Hall–Kier alpha value is -1.25. The van der Waals surface area contributed by atoms with E-state index in [1.54, 1.807) is 0 Å². The van der Waals surface area contributed by atoms with E-state index >= 15 is 0 Å². The summed E-state index contributed by atoms with van der Waals surface area (Å²) < 4.78 is 63.2. The number of rotatable bonds is 3. The van der Waals surface area contributed by atoms with Gasteiger partial charge in [0.1, 0.15) is 0 Å². The molecule has 0 amide bonds. The van der Waals surface area contributed by atoms with Gasteiger partial charge in [0.2, 0.25) is 5.88 Å². The molecule has 0 aliphatic heterocycles. The summed E-state index contributed by atoms with van der Waals surface area (Å²) in [5.41, 5.74) is -4.87. The number of nitrogens with zero attached hydrogens (tertiary/aromatic N) is 2. The maximum absolute atomic E-state index is 12.2. The highest BCUT2D eigenvalue weighted by Gasteiger charge is 2.49. The van der Waals surface area contributed by atoms with Gasteiger partial charge >= 0.3 is 15.6 Å². The number of aromatic nitrogens is 2. The van der Waals surface area contributed by atoms with E-state index in [0.29, 0.717) is 5.69 Å². The Morgan fingerprint density at radius 1 is 1.44 bits per heavy atom. The van der Waals surface area contributed by atoms with Crippen LogP contribution in [0.15, 0.2) is 6.07 Å². The van der Waals surface area contributed by atoms with Gasteiger partial charge in [-0.25, -0.2) is 4.68 Å². The molecule has 5 nitrogen and oxygen atoms in total. The lowest BCUT2D eigenvalue weighted by Gasteiger charge is -2.22. The second-order valence-corrected chi connectivity index (χ2v) is 5.68. The summed E-state index contributed by atoms with van der Waals surface area (Å²) in [7, 11) is -4.30. The number of hydrogen-bond donors (Lipinski definition) is 0. The molecule has 1 aromatic rings. The molecular weight excluding hydrogens is 273 g/mol. The molecule has 102 valence electrons. The van der Waals surface area contributed by atoms with Crippen LogP contribution in [0.25, 0.3) is 0 Å². The van der Waals surface area contributed by atoms with Crippen molar-refractivity contribution in [3.63, 3.8) is 0 Å². The van der Waals surface area contributed by atoms with Crippen LogP contribution in [0.3, 0.4) is 0 Å². The van der Waals surface area contributed by atoms with Gasteiger partial charge in [-0.2, -0.15) is 26.7 Å². The maximum Gasteiger partial charge on any atom is 0.534 e. The maximum atomic E-state index is 12.2. The zero-order valence-corrected chi connectivity index (χ0v) is 10.3. The minimum atomic E-state index is -5.64. The molecule has 0 aromatic carbocycles. The fraction of sp³-hybridized carbons (Fsp3) is 0.667. The molecular formula is C9H11F3N2O3S. The zero-order valence-electron chi connectivity index (χ0n) is 9.44. The predicted octanol–water partition coefficient (Wildman–Crippen LogP) is 1.92. The molecule has 1 fully saturated rings. The lowest BCUT2D eigenvalue weighted by atomic mass is 9.83. The smallest absolute Gasteiger partial charge is 0.356 e. The molecule has 1 aromatic heterocycles. The summed E-state index contributed by atoms with van der Waals surface area (Å²) in [4.78, 5) is 0. The third kappa shape index (κ3) is 2.31. The second kappa shape index (κ2) is 4.15. The Balaban J connectivity index is 2.22. The quantitative estimate of drug-likeness (QED) is 0.628. The zero-order chi connectivity index (χ0) is 13.6. The largest absolute Gasteiger partial charge is 0.534 e. The van der Waals surface area contributed by atoms with Gasteiger partial charge in [0, 0.05) is 19.0 Å². The van der Waals surface area contributed by atoms with Gasteiger partial charge in [0.25, 0.3) is 0 Å². The van der Waals surface area contributed by atoms with E-state index in [4.69, 9.17) is 0 Å². The Morgan fingerprint density at radius 3 is 2.50 bits per heavy atom. The third-order valence-electron chi connectivity index (χ3n) is 2.86. The van der Waals surface area contributed by atoms with E-state index in [9.17, 15) is 21.6 Å². The van der Waals surface area contributed by atoms with E-state index in [0.717, 1.165) is 23.9 Å². The fourth-order valence-corrected chi connectivity index (χ4v) is 2.09. The molecule has 18 heavy (non-hydrogen) atoms. The molecule has 1 aliphatic rings. The lowest BCUT2D eigenvalue weighted by molar-refractivity contribution is -0.0502. The van der Waals surface area contributed by atoms with Crippen LogP contribution in [-0.4, -0.2) is 23.7 Å². The van der Waals surface area contributed by atoms with Gasteiger partial charge in [-0.3, -0.25) is 0 Å². The van der Waals surface area contributed by atoms with E-state index in [-0.39, 0.29) is 5.92 Å². The Morgan fingerprint density at radius 2 is 2.06 bits per heavy atom. The van der Waals surface area contributed by atoms with Crippen molar-refractivity contribution in [3.05, 3.63) is 11.8 Å². The SMILES string of the molecule is Cn1nc(C2CCC2)cc1OS(=O)(=O)C(F)(F)F. The van der Waals surface area contributed by atoms with Crippen molar-refractivity contribution in [3.8, 4) is 5.88 Å². The monoisotopic (exact) mass is 284 g/mol. The minimum absolute atomic E-state index is 0.183. The van der Waals surface area contributed by atoms with Crippen LogP contribution >= 0.6 is 0 Å². The Labute approximate surface area is 102 Å². The first-order valence-corrected chi connectivity index (χ1v) is 6.66. The molecule has 1 aliphatic carbocycles. The summed E-state index contributed by atoms with van der Waals surface area (Å²) in [6.07, 6.45) is 2.85. The number of aryl methyl sites for hydroxylation is 1. The molecule has 0 radical (unpaired) electrons. The average Bonchev–Trinajstić information content (AvgIpc) is 2.41. The van der Waals surface area contributed by atoms with E-state index in [1.165, 1.54) is 13.1 Å². The highest BCUT2D eigenvalue weighted by atomic mass is 32.2. The molecule has 9 heteroatoms. The summed E-state index contributed by atoms with van der Waals surface area (Å²) in [5.74, 6) is -0.239. The molecule has 0 spiro atoms. The van der Waals surface area contributed by atoms with Gasteiger partial charge in [-0.1, -0.05) is 6.42 Å². The molecule has 0 saturated heterocycles. The van der Waals surface area contributed by atoms with Crippen LogP contribution in [0, 0.1) is 0 Å². The van der Waals surface area contributed by atoms with Gasteiger partial charge in [-0.05, 0) is 12.8 Å². The predicted molar refractivity (Wildman–Crippen MR) is 55.4 cm³/mol. The van der Waals surface area contributed by atoms with Gasteiger partial charge in [0.05, 0.1) is 5.69 Å². The second-order valence-electron chi connectivity index (χ2n) is 4.14. The first kappa shape index (κ1) is 13.2. The molecule has 1 saturated carbocycles. The van der Waals surface area contributed by atoms with Gasteiger partial charge in [0.15, 0.2) is 0 Å². The first-order chi connectivity index (χ1) is 8.21. The van der Waals surface area contributed by atoms with Crippen molar-refractivity contribution in [2.75, 3.05) is 0 Å². The summed E-state index contributed by atoms with van der Waals surface area (Å²) >= 11 is 0. The van der Waals surface area contributed by atoms with Crippen LogP contribution in [0.1, 0.15) is 30.9 Å². The van der Waals surface area contributed by atoms with Gasteiger partial charge in [-0.15, -0.1) is 0 Å².